The third-order valence-electron chi connectivity index (χ3n) is 5.17. The number of hydrogen-bond donors (Lipinski definition) is 0. The molecule has 5 aromatic heterocycles. The maximum atomic E-state index is 12.3. The van der Waals surface area contributed by atoms with Gasteiger partial charge in [-0.15, -0.1) is 5.10 Å². The van der Waals surface area contributed by atoms with Gasteiger partial charge in [-0.25, -0.2) is 19.3 Å². The highest BCUT2D eigenvalue weighted by Crippen LogP contribution is 2.22. The van der Waals surface area contributed by atoms with Gasteiger partial charge in [0.1, 0.15) is 5.60 Å². The standard InChI is InChI=1S/C24H24N8O2/c1-15-6-7-16(2)32(15)22-28-20-12-17(9-11-30(20)29-22)21-25-10-8-19(27-21)18-13-26-31(14-18)23(33)34-24(3,4)5/h6-14H,1-5H3. The Hall–Kier alpha value is -4.34. The summed E-state index contributed by atoms with van der Waals surface area (Å²) in [7, 11) is 0. The first-order chi connectivity index (χ1) is 16.2. The molecule has 34 heavy (non-hydrogen) atoms. The molecule has 0 N–H and O–H groups in total. The summed E-state index contributed by atoms with van der Waals surface area (Å²) in [5.41, 5.74) is 4.33. The molecule has 10 heteroatoms. The molecule has 0 unspecified atom stereocenters. The van der Waals surface area contributed by atoms with Crippen molar-refractivity contribution in [1.29, 1.82) is 0 Å². The molecule has 5 aromatic rings. The van der Waals surface area contributed by atoms with Gasteiger partial charge in [0, 0.05) is 41.1 Å². The Morgan fingerprint density at radius 3 is 2.50 bits per heavy atom. The van der Waals surface area contributed by atoms with Crippen molar-refractivity contribution in [3.8, 4) is 28.6 Å². The zero-order valence-corrected chi connectivity index (χ0v) is 19.6. The SMILES string of the molecule is Cc1ccc(C)n1-c1nc2cc(-c3nccc(-c4cnn(C(=O)OC(C)(C)C)c4)n3)ccn2n1. The molecule has 172 valence electrons. The molecule has 0 spiro atoms. The van der Waals surface area contributed by atoms with Crippen molar-refractivity contribution in [2.45, 2.75) is 40.2 Å². The van der Waals surface area contributed by atoms with Crippen molar-refractivity contribution in [3.63, 3.8) is 0 Å². The molecule has 0 aliphatic rings. The van der Waals surface area contributed by atoms with E-state index < -0.39 is 11.7 Å². The van der Waals surface area contributed by atoms with Gasteiger partial charge in [0.05, 0.1) is 11.9 Å². The summed E-state index contributed by atoms with van der Waals surface area (Å²) >= 11 is 0. The number of fused-ring (bicyclic) bond motifs is 1. The smallest absolute Gasteiger partial charge is 0.435 e. The molecular weight excluding hydrogens is 432 g/mol. The van der Waals surface area contributed by atoms with Crippen LogP contribution in [0.5, 0.6) is 0 Å². The minimum Gasteiger partial charge on any atom is -0.442 e. The second-order valence-corrected chi connectivity index (χ2v) is 9.00. The fraction of sp³-hybridized carbons (Fsp3) is 0.250. The van der Waals surface area contributed by atoms with Gasteiger partial charge in [-0.2, -0.15) is 14.8 Å². The van der Waals surface area contributed by atoms with Crippen LogP contribution in [-0.2, 0) is 4.74 Å². The third kappa shape index (κ3) is 4.05. The van der Waals surface area contributed by atoms with Crippen LogP contribution in [0.1, 0.15) is 32.2 Å². The summed E-state index contributed by atoms with van der Waals surface area (Å²) in [6.45, 7) is 9.47. The van der Waals surface area contributed by atoms with Crippen molar-refractivity contribution in [1.82, 2.24) is 38.9 Å². The molecule has 10 nitrogen and oxygen atoms in total. The molecular formula is C24H24N8O2. The normalized spacial score (nSPS) is 11.8. The maximum Gasteiger partial charge on any atom is 0.435 e. The Bertz CT molecular complexity index is 1500. The van der Waals surface area contributed by atoms with E-state index in [2.05, 4.69) is 20.2 Å². The topological polar surface area (TPSA) is 105 Å². The predicted octanol–water partition coefficient (Wildman–Crippen LogP) is 4.24. The Balaban J connectivity index is 1.45. The molecule has 0 atom stereocenters. The summed E-state index contributed by atoms with van der Waals surface area (Å²) < 4.78 is 10.3. The van der Waals surface area contributed by atoms with Crippen LogP contribution in [0.3, 0.4) is 0 Å². The van der Waals surface area contributed by atoms with Crippen LogP contribution in [0, 0.1) is 13.8 Å². The van der Waals surface area contributed by atoms with Gasteiger partial charge in [0.15, 0.2) is 11.5 Å². The number of nitrogens with zero attached hydrogens (tertiary/aromatic N) is 8. The zero-order chi connectivity index (χ0) is 24.0. The van der Waals surface area contributed by atoms with Gasteiger partial charge in [0.25, 0.3) is 5.95 Å². The van der Waals surface area contributed by atoms with Gasteiger partial charge in [0.2, 0.25) is 0 Å². The maximum absolute atomic E-state index is 12.3. The molecule has 0 saturated heterocycles. The van der Waals surface area contributed by atoms with E-state index in [1.54, 1.807) is 29.2 Å². The quantitative estimate of drug-likeness (QED) is 0.400. The Labute approximate surface area is 195 Å². The lowest BCUT2D eigenvalue weighted by Gasteiger charge is -2.18. The largest absolute Gasteiger partial charge is 0.442 e. The molecule has 5 rings (SSSR count). The summed E-state index contributed by atoms with van der Waals surface area (Å²) in [4.78, 5) is 26.1. The van der Waals surface area contributed by atoms with E-state index in [1.807, 2.05) is 69.6 Å². The van der Waals surface area contributed by atoms with Gasteiger partial charge in [-0.3, -0.25) is 4.57 Å². The summed E-state index contributed by atoms with van der Waals surface area (Å²) in [5, 5.41) is 8.71. The van der Waals surface area contributed by atoms with E-state index in [-0.39, 0.29) is 0 Å². The molecule has 0 bridgehead atoms. The van der Waals surface area contributed by atoms with Crippen LogP contribution < -0.4 is 0 Å². The van der Waals surface area contributed by atoms with E-state index >= 15 is 0 Å². The van der Waals surface area contributed by atoms with Gasteiger partial charge >= 0.3 is 6.09 Å². The monoisotopic (exact) mass is 456 g/mol. The zero-order valence-electron chi connectivity index (χ0n) is 19.6. The minimum atomic E-state index is -0.607. The number of aromatic nitrogens is 8. The molecule has 5 heterocycles. The highest BCUT2D eigenvalue weighted by atomic mass is 16.6. The van der Waals surface area contributed by atoms with E-state index in [9.17, 15) is 4.79 Å². The fourth-order valence-electron chi connectivity index (χ4n) is 3.61. The predicted molar refractivity (Wildman–Crippen MR) is 126 cm³/mol. The first-order valence-electron chi connectivity index (χ1n) is 10.8. The first-order valence-corrected chi connectivity index (χ1v) is 10.8. The molecule has 0 fully saturated rings. The lowest BCUT2D eigenvalue weighted by atomic mass is 10.2. The molecule has 0 aromatic carbocycles. The van der Waals surface area contributed by atoms with Crippen LogP contribution in [-0.4, -0.2) is 50.6 Å². The molecule has 0 saturated carbocycles. The molecule has 0 aliphatic carbocycles. The van der Waals surface area contributed by atoms with Crippen molar-refractivity contribution < 1.29 is 9.53 Å². The average Bonchev–Trinajstić information content (AvgIpc) is 3.50. The second-order valence-electron chi connectivity index (χ2n) is 9.00. The first kappa shape index (κ1) is 21.5. The molecule has 0 amide bonds. The number of pyridine rings is 1. The number of hydrogen-bond acceptors (Lipinski definition) is 7. The highest BCUT2D eigenvalue weighted by molar-refractivity contribution is 5.72. The van der Waals surface area contributed by atoms with Crippen LogP contribution >= 0.6 is 0 Å². The van der Waals surface area contributed by atoms with Crippen LogP contribution in [0.2, 0.25) is 0 Å². The minimum absolute atomic E-state index is 0.530. The molecule has 0 aliphatic heterocycles. The van der Waals surface area contributed by atoms with Crippen molar-refractivity contribution in [2.24, 2.45) is 0 Å². The number of ether oxygens (including phenoxy) is 1. The summed E-state index contributed by atoms with van der Waals surface area (Å²) in [6.07, 6.45) is 6.14. The van der Waals surface area contributed by atoms with Crippen LogP contribution in [0.4, 0.5) is 4.79 Å². The summed E-state index contributed by atoms with van der Waals surface area (Å²) in [5.74, 6) is 1.14. The second kappa shape index (κ2) is 7.91. The number of rotatable bonds is 3. The lowest BCUT2D eigenvalue weighted by molar-refractivity contribution is 0.0514. The van der Waals surface area contributed by atoms with Crippen molar-refractivity contribution >= 4 is 11.7 Å². The van der Waals surface area contributed by atoms with Crippen LogP contribution in [0.25, 0.3) is 34.2 Å². The molecule has 0 radical (unpaired) electrons. The fourth-order valence-corrected chi connectivity index (χ4v) is 3.61. The van der Waals surface area contributed by atoms with Gasteiger partial charge in [-0.1, -0.05) is 0 Å². The van der Waals surface area contributed by atoms with E-state index in [1.165, 1.54) is 0 Å². The van der Waals surface area contributed by atoms with Gasteiger partial charge in [-0.05, 0) is 65.0 Å². The highest BCUT2D eigenvalue weighted by Gasteiger charge is 2.19. The Morgan fingerprint density at radius 1 is 1.00 bits per heavy atom. The van der Waals surface area contributed by atoms with Crippen LogP contribution in [0.15, 0.2) is 55.1 Å². The van der Waals surface area contributed by atoms with E-state index in [0.717, 1.165) is 21.6 Å². The van der Waals surface area contributed by atoms with E-state index in [0.29, 0.717) is 28.7 Å². The number of aryl methyl sites for hydroxylation is 2. The number of carbonyl (C=O) groups excluding carboxylic acids is 1. The van der Waals surface area contributed by atoms with Crippen molar-refractivity contribution in [2.75, 3.05) is 0 Å². The lowest BCUT2D eigenvalue weighted by Crippen LogP contribution is -2.27. The Morgan fingerprint density at radius 2 is 1.76 bits per heavy atom. The van der Waals surface area contributed by atoms with Gasteiger partial charge < -0.3 is 4.74 Å². The van der Waals surface area contributed by atoms with Crippen molar-refractivity contribution in [3.05, 3.63) is 66.5 Å². The van der Waals surface area contributed by atoms with E-state index in [4.69, 9.17) is 9.72 Å². The third-order valence-corrected chi connectivity index (χ3v) is 5.17. The average molecular weight is 457 g/mol. The Kier molecular flexibility index (Phi) is 5.00. The number of carbonyl (C=O) groups is 1. The summed E-state index contributed by atoms with van der Waals surface area (Å²) in [6, 6.07) is 9.64.